The van der Waals surface area contributed by atoms with Gasteiger partial charge in [0.2, 0.25) is 11.8 Å². The average molecular weight is 315 g/mol. The van der Waals surface area contributed by atoms with E-state index in [4.69, 9.17) is 9.26 Å². The summed E-state index contributed by atoms with van der Waals surface area (Å²) in [5, 5.41) is 24.0. The molecule has 2 aromatic heterocycles. The Morgan fingerprint density at radius 3 is 3.15 bits per heavy atom. The average Bonchev–Trinajstić information content (AvgIpc) is 3.03. The summed E-state index contributed by atoms with van der Waals surface area (Å²) in [7, 11) is 1.60. The van der Waals surface area contributed by atoms with E-state index in [0.717, 1.165) is 9.35 Å². The Labute approximate surface area is 123 Å². The maximum atomic E-state index is 11.7. The van der Waals surface area contributed by atoms with Crippen molar-refractivity contribution in [2.24, 2.45) is 4.99 Å². The summed E-state index contributed by atoms with van der Waals surface area (Å²) in [6.07, 6.45) is 1.55. The predicted octanol–water partition coefficient (Wildman–Crippen LogP) is -0.0490. The van der Waals surface area contributed by atoms with E-state index in [-0.39, 0.29) is 17.5 Å². The van der Waals surface area contributed by atoms with Crippen LogP contribution in [-0.2, 0) is 11.3 Å². The van der Waals surface area contributed by atoms with Gasteiger partial charge in [0.15, 0.2) is 4.34 Å². The molecule has 0 fully saturated rings. The van der Waals surface area contributed by atoms with E-state index in [2.05, 4.69) is 20.5 Å². The second-order valence-corrected chi connectivity index (χ2v) is 6.08. The van der Waals surface area contributed by atoms with E-state index in [9.17, 15) is 5.11 Å². The summed E-state index contributed by atoms with van der Waals surface area (Å²) in [5.74, 6) is 0.0611. The lowest BCUT2D eigenvalue weighted by molar-refractivity contribution is -0.763. The Morgan fingerprint density at radius 1 is 1.60 bits per heavy atom. The molecule has 0 aliphatic heterocycles. The van der Waals surface area contributed by atoms with Gasteiger partial charge in [-0.25, -0.2) is 4.99 Å². The van der Waals surface area contributed by atoms with Crippen molar-refractivity contribution in [2.75, 3.05) is 19.5 Å². The first kappa shape index (κ1) is 14.9. The molecular weight excluding hydrogens is 302 g/mol. The maximum absolute atomic E-state index is 11.7. The molecule has 0 aromatic carbocycles. The fourth-order valence-electron chi connectivity index (χ4n) is 1.22. The lowest BCUT2D eigenvalue weighted by Crippen LogP contribution is -2.36. The van der Waals surface area contributed by atoms with Gasteiger partial charge in [0.25, 0.3) is 6.20 Å². The summed E-state index contributed by atoms with van der Waals surface area (Å²) in [4.78, 5) is 3.82. The Balaban J connectivity index is 1.87. The van der Waals surface area contributed by atoms with Crippen LogP contribution in [0.1, 0.15) is 5.01 Å². The van der Waals surface area contributed by atoms with Gasteiger partial charge in [-0.3, -0.25) is 4.52 Å². The fourth-order valence-corrected chi connectivity index (χ4v) is 2.82. The Morgan fingerprint density at radius 2 is 2.45 bits per heavy atom. The van der Waals surface area contributed by atoms with Crippen molar-refractivity contribution in [3.05, 3.63) is 11.2 Å². The zero-order valence-corrected chi connectivity index (χ0v) is 12.6. The molecule has 0 saturated heterocycles. The highest BCUT2D eigenvalue weighted by atomic mass is 32.2. The number of hydrogen-bond acceptors (Lipinski definition) is 9. The second-order valence-electron chi connectivity index (χ2n) is 3.68. The molecule has 0 unspecified atom stereocenters. The second kappa shape index (κ2) is 7.31. The summed E-state index contributed by atoms with van der Waals surface area (Å²) in [6, 6.07) is 0. The highest BCUT2D eigenvalue weighted by Crippen LogP contribution is 2.21. The van der Waals surface area contributed by atoms with Crippen molar-refractivity contribution >= 4 is 34.9 Å². The number of nitrogens with zero attached hydrogens (tertiary/aromatic N) is 5. The Kier molecular flexibility index (Phi) is 5.44. The third kappa shape index (κ3) is 4.54. The van der Waals surface area contributed by atoms with Gasteiger partial charge in [-0.15, -0.1) is 10.2 Å². The van der Waals surface area contributed by atoms with E-state index in [1.54, 1.807) is 13.3 Å². The van der Waals surface area contributed by atoms with Crippen LogP contribution in [-0.4, -0.2) is 40.8 Å². The lowest BCUT2D eigenvalue weighted by atomic mass is 10.6. The molecule has 10 heteroatoms. The molecular formula is C10H13N5O3S2. The molecule has 0 bridgehead atoms. The quantitative estimate of drug-likeness (QED) is 0.305. The standard InChI is InChI=1S/C10H13N5O3S2/c1-7-12-13-10(20-7)19-6-8(16)11-9-5-15(14-18-9)3-4-17-2/h5H,3-4,6H2,1-2H3. The number of methoxy groups -OCH3 is 1. The molecule has 0 aliphatic rings. The van der Waals surface area contributed by atoms with E-state index in [1.165, 1.54) is 27.8 Å². The highest BCUT2D eigenvalue weighted by Gasteiger charge is 2.09. The van der Waals surface area contributed by atoms with Crippen molar-refractivity contribution in [3.63, 3.8) is 0 Å². The summed E-state index contributed by atoms with van der Waals surface area (Å²) < 4.78 is 12.1. The van der Waals surface area contributed by atoms with Crippen LogP contribution in [0.5, 0.6) is 0 Å². The minimum atomic E-state index is -0.308. The third-order valence-corrected chi connectivity index (χ3v) is 4.04. The van der Waals surface area contributed by atoms with Crippen LogP contribution in [0, 0.1) is 6.92 Å². The van der Waals surface area contributed by atoms with Crippen molar-refractivity contribution in [1.29, 1.82) is 0 Å². The summed E-state index contributed by atoms with van der Waals surface area (Å²) in [6.45, 7) is 2.92. The molecule has 8 nitrogen and oxygen atoms in total. The monoisotopic (exact) mass is 315 g/mol. The van der Waals surface area contributed by atoms with Crippen LogP contribution < -0.4 is 9.79 Å². The molecule has 108 valence electrons. The normalized spacial score (nSPS) is 12.0. The molecule has 2 aromatic rings. The predicted molar refractivity (Wildman–Crippen MR) is 71.0 cm³/mol. The number of thioether (sulfide) groups is 1. The van der Waals surface area contributed by atoms with Crippen LogP contribution in [0.25, 0.3) is 0 Å². The zero-order valence-electron chi connectivity index (χ0n) is 11.0. The van der Waals surface area contributed by atoms with Gasteiger partial charge in [0.1, 0.15) is 11.6 Å². The smallest absolute Gasteiger partial charge is 0.320 e. The minimum Gasteiger partial charge on any atom is -0.861 e. The van der Waals surface area contributed by atoms with Gasteiger partial charge < -0.3 is 9.84 Å². The number of ether oxygens (including phenoxy) is 1. The van der Waals surface area contributed by atoms with Gasteiger partial charge in [-0.1, -0.05) is 23.1 Å². The maximum Gasteiger partial charge on any atom is 0.320 e. The SMILES string of the molecule is COCC[n+]1cc(/N=C(/[O-])CSc2nnc(C)s2)on1. The van der Waals surface area contributed by atoms with Gasteiger partial charge in [-0.05, 0) is 17.5 Å². The molecule has 0 radical (unpaired) electrons. The Bertz CT molecular complexity index is 583. The van der Waals surface area contributed by atoms with Gasteiger partial charge >= 0.3 is 5.88 Å². The van der Waals surface area contributed by atoms with Crippen molar-refractivity contribution in [1.82, 2.24) is 15.5 Å². The lowest BCUT2D eigenvalue weighted by Gasteiger charge is -2.05. The molecule has 0 N–H and O–H groups in total. The van der Waals surface area contributed by atoms with Crippen LogP contribution in [0.3, 0.4) is 0 Å². The molecule has 0 aliphatic carbocycles. The van der Waals surface area contributed by atoms with E-state index in [0.29, 0.717) is 13.2 Å². The molecule has 20 heavy (non-hydrogen) atoms. The van der Waals surface area contributed by atoms with Crippen molar-refractivity contribution < 1.29 is 19.0 Å². The third-order valence-electron chi connectivity index (χ3n) is 2.08. The van der Waals surface area contributed by atoms with Crippen LogP contribution in [0.2, 0.25) is 0 Å². The number of aromatic nitrogens is 4. The fraction of sp³-hybridized carbons (Fsp3) is 0.500. The molecule has 0 saturated carbocycles. The Hall–Kier alpha value is -1.52. The number of aliphatic imine (C=N–C) groups is 1. The van der Waals surface area contributed by atoms with Crippen molar-refractivity contribution in [2.45, 2.75) is 17.8 Å². The van der Waals surface area contributed by atoms with Crippen LogP contribution >= 0.6 is 23.1 Å². The largest absolute Gasteiger partial charge is 0.861 e. The number of aryl methyl sites for hydroxylation is 1. The van der Waals surface area contributed by atoms with Gasteiger partial charge in [0, 0.05) is 12.9 Å². The molecule has 2 heterocycles. The molecule has 0 atom stereocenters. The first-order chi connectivity index (χ1) is 9.67. The molecule has 0 spiro atoms. The zero-order chi connectivity index (χ0) is 14.4. The number of hydrogen-bond donors (Lipinski definition) is 0. The van der Waals surface area contributed by atoms with Gasteiger partial charge in [-0.2, -0.15) is 0 Å². The van der Waals surface area contributed by atoms with Gasteiger partial charge in [0.05, 0.1) is 0 Å². The van der Waals surface area contributed by atoms with E-state index < -0.39 is 0 Å². The van der Waals surface area contributed by atoms with Crippen molar-refractivity contribution in [3.8, 4) is 0 Å². The number of rotatable bonds is 7. The van der Waals surface area contributed by atoms with E-state index >= 15 is 0 Å². The summed E-state index contributed by atoms with van der Waals surface area (Å²) in [5.41, 5.74) is 0. The van der Waals surface area contributed by atoms with Crippen LogP contribution in [0.15, 0.2) is 20.1 Å². The molecule has 2 rings (SSSR count). The van der Waals surface area contributed by atoms with E-state index in [1.807, 2.05) is 6.92 Å². The summed E-state index contributed by atoms with van der Waals surface area (Å²) >= 11 is 2.74. The van der Waals surface area contributed by atoms with Crippen LogP contribution in [0.4, 0.5) is 5.88 Å². The topological polar surface area (TPSA) is 100 Å². The first-order valence-electron chi connectivity index (χ1n) is 5.70. The first-order valence-corrected chi connectivity index (χ1v) is 7.50. The highest BCUT2D eigenvalue weighted by molar-refractivity contribution is 8.01. The molecule has 0 amide bonds. The minimum absolute atomic E-state index is 0.181.